The van der Waals surface area contributed by atoms with E-state index in [1.54, 1.807) is 41.3 Å². The third-order valence-electron chi connectivity index (χ3n) is 3.79. The molecule has 0 fully saturated rings. The summed E-state index contributed by atoms with van der Waals surface area (Å²) in [5.74, 6) is -0.503. The van der Waals surface area contributed by atoms with Crippen LogP contribution in [-0.4, -0.2) is 30.8 Å². The lowest BCUT2D eigenvalue weighted by molar-refractivity contribution is -0.116. The summed E-state index contributed by atoms with van der Waals surface area (Å²) in [4.78, 5) is 36.9. The summed E-state index contributed by atoms with van der Waals surface area (Å²) in [5, 5.41) is 5.51. The van der Waals surface area contributed by atoms with Crippen LogP contribution in [0, 0.1) is 6.92 Å². The van der Waals surface area contributed by atoms with Gasteiger partial charge in [0.15, 0.2) is 0 Å². The van der Waals surface area contributed by atoms with Gasteiger partial charge in [0, 0.05) is 43.9 Å². The van der Waals surface area contributed by atoms with Crippen LogP contribution in [0.3, 0.4) is 0 Å². The SMILES string of the molecule is CC(=O)Nc1cccc(N(CCNC(=O)c2ccc(C)cc2)C(C)=O)c1. The molecule has 0 saturated carbocycles. The minimum atomic E-state index is -0.180. The van der Waals surface area contributed by atoms with Crippen molar-refractivity contribution in [3.63, 3.8) is 0 Å². The van der Waals surface area contributed by atoms with Crippen molar-refractivity contribution in [3.8, 4) is 0 Å². The Bertz CT molecular complexity index is 800. The van der Waals surface area contributed by atoms with Gasteiger partial charge >= 0.3 is 0 Å². The van der Waals surface area contributed by atoms with Gasteiger partial charge in [0.2, 0.25) is 11.8 Å². The predicted octanol–water partition coefficient (Wildman–Crippen LogP) is 2.74. The first-order valence-electron chi connectivity index (χ1n) is 8.37. The molecule has 0 radical (unpaired) electrons. The lowest BCUT2D eigenvalue weighted by atomic mass is 10.1. The molecule has 6 heteroatoms. The molecule has 0 aliphatic heterocycles. The summed E-state index contributed by atoms with van der Waals surface area (Å²) in [6.07, 6.45) is 0. The topological polar surface area (TPSA) is 78.5 Å². The monoisotopic (exact) mass is 353 g/mol. The van der Waals surface area contributed by atoms with Gasteiger partial charge in [0.25, 0.3) is 5.91 Å². The Morgan fingerprint density at radius 3 is 2.31 bits per heavy atom. The molecular formula is C20H23N3O3. The van der Waals surface area contributed by atoms with Crippen LogP contribution in [0.2, 0.25) is 0 Å². The number of nitrogens with one attached hydrogen (secondary N) is 2. The molecule has 0 aromatic heterocycles. The van der Waals surface area contributed by atoms with Crippen LogP contribution < -0.4 is 15.5 Å². The first-order valence-corrected chi connectivity index (χ1v) is 8.37. The number of hydrogen-bond donors (Lipinski definition) is 2. The summed E-state index contributed by atoms with van der Waals surface area (Å²) in [6, 6.07) is 14.3. The molecule has 0 aliphatic rings. The molecule has 2 aromatic rings. The molecule has 6 nitrogen and oxygen atoms in total. The van der Waals surface area contributed by atoms with Gasteiger partial charge in [0.05, 0.1) is 0 Å². The van der Waals surface area contributed by atoms with E-state index in [1.807, 2.05) is 19.1 Å². The molecule has 136 valence electrons. The number of carbonyl (C=O) groups is 3. The Kier molecular flexibility index (Phi) is 6.49. The van der Waals surface area contributed by atoms with Crippen molar-refractivity contribution in [1.29, 1.82) is 0 Å². The smallest absolute Gasteiger partial charge is 0.251 e. The summed E-state index contributed by atoms with van der Waals surface area (Å²) in [7, 11) is 0. The molecule has 3 amide bonds. The second kappa shape index (κ2) is 8.80. The fourth-order valence-corrected chi connectivity index (χ4v) is 2.51. The number of aryl methyl sites for hydroxylation is 1. The quantitative estimate of drug-likeness (QED) is 0.838. The number of benzene rings is 2. The average Bonchev–Trinajstić information content (AvgIpc) is 2.58. The Labute approximate surface area is 153 Å². The van der Waals surface area contributed by atoms with Crippen molar-refractivity contribution in [2.24, 2.45) is 0 Å². The molecule has 0 atom stereocenters. The molecule has 0 bridgehead atoms. The summed E-state index contributed by atoms with van der Waals surface area (Å²) < 4.78 is 0. The Hall–Kier alpha value is -3.15. The van der Waals surface area contributed by atoms with Crippen LogP contribution in [0.4, 0.5) is 11.4 Å². The van der Waals surface area contributed by atoms with E-state index in [-0.39, 0.29) is 17.7 Å². The second-order valence-electron chi connectivity index (χ2n) is 6.02. The van der Waals surface area contributed by atoms with Gasteiger partial charge in [-0.2, -0.15) is 0 Å². The normalized spacial score (nSPS) is 10.1. The van der Waals surface area contributed by atoms with E-state index in [2.05, 4.69) is 10.6 Å². The van der Waals surface area contributed by atoms with Gasteiger partial charge in [-0.15, -0.1) is 0 Å². The van der Waals surface area contributed by atoms with Gasteiger partial charge in [-0.25, -0.2) is 0 Å². The number of anilines is 2. The number of carbonyl (C=O) groups excluding carboxylic acids is 3. The van der Waals surface area contributed by atoms with E-state index in [9.17, 15) is 14.4 Å². The fraction of sp³-hybridized carbons (Fsp3) is 0.250. The molecule has 0 spiro atoms. The van der Waals surface area contributed by atoms with E-state index in [0.29, 0.717) is 30.0 Å². The Morgan fingerprint density at radius 1 is 1.00 bits per heavy atom. The van der Waals surface area contributed by atoms with Gasteiger partial charge in [-0.1, -0.05) is 23.8 Å². The van der Waals surface area contributed by atoms with Gasteiger partial charge < -0.3 is 15.5 Å². The highest BCUT2D eigenvalue weighted by Gasteiger charge is 2.13. The molecule has 2 N–H and O–H groups in total. The van der Waals surface area contributed by atoms with Crippen LogP contribution in [0.5, 0.6) is 0 Å². The largest absolute Gasteiger partial charge is 0.350 e. The van der Waals surface area contributed by atoms with E-state index in [0.717, 1.165) is 5.56 Å². The maximum atomic E-state index is 12.2. The van der Waals surface area contributed by atoms with E-state index in [4.69, 9.17) is 0 Å². The zero-order valence-electron chi connectivity index (χ0n) is 15.2. The Morgan fingerprint density at radius 2 is 1.69 bits per heavy atom. The molecule has 0 aliphatic carbocycles. The van der Waals surface area contributed by atoms with Gasteiger partial charge in [0.1, 0.15) is 0 Å². The zero-order chi connectivity index (χ0) is 19.1. The maximum absolute atomic E-state index is 12.2. The molecular weight excluding hydrogens is 330 g/mol. The summed E-state index contributed by atoms with van der Waals surface area (Å²) in [5.41, 5.74) is 2.94. The van der Waals surface area contributed by atoms with Crippen molar-refractivity contribution in [1.82, 2.24) is 5.32 Å². The maximum Gasteiger partial charge on any atom is 0.251 e. The van der Waals surface area contributed by atoms with Crippen molar-refractivity contribution < 1.29 is 14.4 Å². The first kappa shape index (κ1) is 19.2. The molecule has 26 heavy (non-hydrogen) atoms. The second-order valence-corrected chi connectivity index (χ2v) is 6.02. The number of nitrogens with zero attached hydrogens (tertiary/aromatic N) is 1. The van der Waals surface area contributed by atoms with Crippen molar-refractivity contribution in [2.45, 2.75) is 20.8 Å². The van der Waals surface area contributed by atoms with Crippen LogP contribution in [0.15, 0.2) is 48.5 Å². The summed E-state index contributed by atoms with van der Waals surface area (Å²) >= 11 is 0. The third-order valence-corrected chi connectivity index (χ3v) is 3.79. The van der Waals surface area contributed by atoms with Crippen molar-refractivity contribution in [2.75, 3.05) is 23.3 Å². The molecule has 2 aromatic carbocycles. The first-order chi connectivity index (χ1) is 12.4. The molecule has 0 heterocycles. The fourth-order valence-electron chi connectivity index (χ4n) is 2.51. The van der Waals surface area contributed by atoms with Crippen LogP contribution >= 0.6 is 0 Å². The standard InChI is InChI=1S/C20H23N3O3/c1-14-7-9-17(10-8-14)20(26)21-11-12-23(16(3)25)19-6-4-5-18(13-19)22-15(2)24/h4-10,13H,11-12H2,1-3H3,(H,21,26)(H,22,24). The number of hydrogen-bond acceptors (Lipinski definition) is 3. The van der Waals surface area contributed by atoms with Crippen molar-refractivity contribution >= 4 is 29.1 Å². The minimum Gasteiger partial charge on any atom is -0.350 e. The Balaban J connectivity index is 2.00. The molecule has 0 unspecified atom stereocenters. The van der Waals surface area contributed by atoms with Crippen LogP contribution in [-0.2, 0) is 9.59 Å². The molecule has 0 saturated heterocycles. The number of rotatable bonds is 6. The lowest BCUT2D eigenvalue weighted by Crippen LogP contribution is -2.37. The zero-order valence-corrected chi connectivity index (χ0v) is 15.2. The highest BCUT2D eigenvalue weighted by atomic mass is 16.2. The highest BCUT2D eigenvalue weighted by Crippen LogP contribution is 2.19. The third kappa shape index (κ3) is 5.44. The molecule has 2 rings (SSSR count). The van der Waals surface area contributed by atoms with Gasteiger partial charge in [-0.3, -0.25) is 14.4 Å². The van der Waals surface area contributed by atoms with E-state index >= 15 is 0 Å². The average molecular weight is 353 g/mol. The summed E-state index contributed by atoms with van der Waals surface area (Å²) in [6.45, 7) is 5.50. The minimum absolute atomic E-state index is 0.144. The van der Waals surface area contributed by atoms with E-state index < -0.39 is 0 Å². The van der Waals surface area contributed by atoms with Crippen LogP contribution in [0.1, 0.15) is 29.8 Å². The van der Waals surface area contributed by atoms with Crippen LogP contribution in [0.25, 0.3) is 0 Å². The van der Waals surface area contributed by atoms with Crippen molar-refractivity contribution in [3.05, 3.63) is 59.7 Å². The van der Waals surface area contributed by atoms with Gasteiger partial charge in [-0.05, 0) is 37.3 Å². The number of amides is 3. The lowest BCUT2D eigenvalue weighted by Gasteiger charge is -2.22. The predicted molar refractivity (Wildman–Crippen MR) is 102 cm³/mol. The van der Waals surface area contributed by atoms with E-state index in [1.165, 1.54) is 13.8 Å². The highest BCUT2D eigenvalue weighted by molar-refractivity contribution is 5.95.